The first-order valence-corrected chi connectivity index (χ1v) is 9.05. The molecular weight excluding hydrogens is 277 g/mol. The molecule has 0 aliphatic carbocycles. The first kappa shape index (κ1) is 16.5. The van der Waals surface area contributed by atoms with Gasteiger partial charge in [-0.15, -0.1) is 0 Å². The van der Waals surface area contributed by atoms with Gasteiger partial charge in [0.15, 0.2) is 6.29 Å². The standard InChI is InChI=1S/C12H21F3O3Si/c1-11(2,3)19(4,5)18-8-6-7-9(16)17-10(8)12(13,14)15/h6,9-10,16H,7H2,1-5H3. The molecule has 0 aromatic carbocycles. The number of hydrogen-bond donors (Lipinski definition) is 1. The molecule has 0 radical (unpaired) electrons. The van der Waals surface area contributed by atoms with Gasteiger partial charge in [-0.25, -0.2) is 0 Å². The highest BCUT2D eigenvalue weighted by Gasteiger charge is 2.50. The molecule has 0 aromatic rings. The van der Waals surface area contributed by atoms with E-state index in [1.54, 1.807) is 0 Å². The molecular formula is C12H21F3O3Si. The fraction of sp³-hybridized carbons (Fsp3) is 0.833. The topological polar surface area (TPSA) is 38.7 Å². The molecule has 19 heavy (non-hydrogen) atoms. The second-order valence-corrected chi connectivity index (χ2v) is 10.9. The summed E-state index contributed by atoms with van der Waals surface area (Å²) in [5, 5.41) is 9.00. The summed E-state index contributed by atoms with van der Waals surface area (Å²) in [5.41, 5.74) is 0. The van der Waals surface area contributed by atoms with Crippen LogP contribution in [-0.4, -0.2) is 32.0 Å². The third kappa shape index (κ3) is 3.96. The lowest BCUT2D eigenvalue weighted by atomic mass is 10.2. The van der Waals surface area contributed by atoms with Crippen molar-refractivity contribution in [3.8, 4) is 0 Å². The molecule has 0 saturated carbocycles. The van der Waals surface area contributed by atoms with Crippen LogP contribution in [0.2, 0.25) is 18.1 Å². The summed E-state index contributed by atoms with van der Waals surface area (Å²) in [4.78, 5) is 0. The van der Waals surface area contributed by atoms with Gasteiger partial charge in [0.05, 0.1) is 0 Å². The summed E-state index contributed by atoms with van der Waals surface area (Å²) in [6, 6.07) is 0. The molecule has 112 valence electrons. The number of aliphatic hydroxyl groups is 1. The van der Waals surface area contributed by atoms with Gasteiger partial charge in [0.25, 0.3) is 0 Å². The molecule has 0 spiro atoms. The Balaban J connectivity index is 2.97. The minimum atomic E-state index is -4.59. The van der Waals surface area contributed by atoms with E-state index < -0.39 is 26.9 Å². The first-order chi connectivity index (χ1) is 8.34. The summed E-state index contributed by atoms with van der Waals surface area (Å²) >= 11 is 0. The SMILES string of the molecule is CC(C)(C)[Si](C)(C)OC1=CCC(O)OC1C(F)(F)F. The summed E-state index contributed by atoms with van der Waals surface area (Å²) in [5.74, 6) is -0.218. The van der Waals surface area contributed by atoms with Gasteiger partial charge in [-0.3, -0.25) is 0 Å². The fourth-order valence-electron chi connectivity index (χ4n) is 1.39. The molecule has 2 atom stereocenters. The number of alkyl halides is 3. The quantitative estimate of drug-likeness (QED) is 0.792. The van der Waals surface area contributed by atoms with Gasteiger partial charge >= 0.3 is 6.18 Å². The largest absolute Gasteiger partial charge is 0.545 e. The summed E-state index contributed by atoms with van der Waals surface area (Å²) < 4.78 is 48.9. The van der Waals surface area contributed by atoms with Crippen molar-refractivity contribution in [2.75, 3.05) is 0 Å². The van der Waals surface area contributed by atoms with Gasteiger partial charge in [0, 0.05) is 6.42 Å². The Kier molecular flexibility index (Phi) is 4.44. The third-order valence-electron chi connectivity index (χ3n) is 3.55. The minimum absolute atomic E-state index is 0.0105. The van der Waals surface area contributed by atoms with E-state index in [1.807, 2.05) is 33.9 Å². The smallest absolute Gasteiger partial charge is 0.421 e. The number of rotatable bonds is 2. The van der Waals surface area contributed by atoms with Crippen LogP contribution in [0.3, 0.4) is 0 Å². The molecule has 1 N–H and O–H groups in total. The maximum Gasteiger partial charge on any atom is 0.421 e. The van der Waals surface area contributed by atoms with Crippen molar-refractivity contribution in [2.24, 2.45) is 0 Å². The Morgan fingerprint density at radius 1 is 1.32 bits per heavy atom. The molecule has 0 amide bonds. The van der Waals surface area contributed by atoms with Gasteiger partial charge in [-0.2, -0.15) is 13.2 Å². The van der Waals surface area contributed by atoms with E-state index in [4.69, 9.17) is 4.43 Å². The van der Waals surface area contributed by atoms with Crippen LogP contribution < -0.4 is 0 Å². The first-order valence-electron chi connectivity index (χ1n) is 6.14. The van der Waals surface area contributed by atoms with Gasteiger partial charge in [-0.1, -0.05) is 20.8 Å². The molecule has 7 heteroatoms. The Labute approximate surface area is 112 Å². The van der Waals surface area contributed by atoms with Gasteiger partial charge < -0.3 is 14.3 Å². The van der Waals surface area contributed by atoms with E-state index in [-0.39, 0.29) is 17.2 Å². The average Bonchev–Trinajstić information content (AvgIpc) is 2.17. The molecule has 1 aliphatic rings. The van der Waals surface area contributed by atoms with Crippen LogP contribution in [0.15, 0.2) is 11.8 Å². The zero-order valence-corrected chi connectivity index (χ0v) is 12.8. The van der Waals surface area contributed by atoms with E-state index in [0.717, 1.165) is 0 Å². The average molecular weight is 298 g/mol. The second kappa shape index (κ2) is 5.10. The highest BCUT2D eigenvalue weighted by molar-refractivity contribution is 6.74. The lowest BCUT2D eigenvalue weighted by molar-refractivity contribution is -0.260. The van der Waals surface area contributed by atoms with Crippen LogP contribution in [0.5, 0.6) is 0 Å². The van der Waals surface area contributed by atoms with Crippen molar-refractivity contribution in [1.29, 1.82) is 0 Å². The Bertz CT molecular complexity index is 358. The number of hydrogen-bond acceptors (Lipinski definition) is 3. The van der Waals surface area contributed by atoms with Crippen LogP contribution in [0.1, 0.15) is 27.2 Å². The minimum Gasteiger partial charge on any atom is -0.545 e. The summed E-state index contributed by atoms with van der Waals surface area (Å²) in [6.45, 7) is 9.57. The fourth-order valence-corrected chi connectivity index (χ4v) is 2.47. The lowest BCUT2D eigenvalue weighted by Crippen LogP contribution is -2.47. The molecule has 0 bridgehead atoms. The lowest BCUT2D eigenvalue weighted by Gasteiger charge is -2.40. The van der Waals surface area contributed by atoms with Crippen LogP contribution in [-0.2, 0) is 9.16 Å². The zero-order chi connectivity index (χ0) is 15.1. The van der Waals surface area contributed by atoms with Crippen LogP contribution in [0.4, 0.5) is 13.2 Å². The molecule has 1 rings (SSSR count). The van der Waals surface area contributed by atoms with Crippen molar-refractivity contribution in [3.05, 3.63) is 11.8 Å². The summed E-state index contributed by atoms with van der Waals surface area (Å²) in [6.07, 6.45) is -6.90. The van der Waals surface area contributed by atoms with E-state index in [2.05, 4.69) is 4.74 Å². The van der Waals surface area contributed by atoms with E-state index in [1.165, 1.54) is 6.08 Å². The second-order valence-electron chi connectivity index (χ2n) is 6.22. The molecule has 0 aromatic heterocycles. The Morgan fingerprint density at radius 3 is 2.26 bits per heavy atom. The molecule has 2 unspecified atom stereocenters. The van der Waals surface area contributed by atoms with Gasteiger partial charge in [-0.05, 0) is 24.2 Å². The van der Waals surface area contributed by atoms with Crippen molar-refractivity contribution in [3.63, 3.8) is 0 Å². The van der Waals surface area contributed by atoms with Crippen molar-refractivity contribution >= 4 is 8.32 Å². The highest BCUT2D eigenvalue weighted by Crippen LogP contribution is 2.41. The molecule has 0 saturated heterocycles. The third-order valence-corrected chi connectivity index (χ3v) is 7.91. The Hall–Kier alpha value is -0.533. The normalized spacial score (nSPS) is 26.1. The monoisotopic (exact) mass is 298 g/mol. The van der Waals surface area contributed by atoms with Crippen LogP contribution in [0, 0.1) is 0 Å². The van der Waals surface area contributed by atoms with E-state index in [0.29, 0.717) is 0 Å². The molecule has 0 fully saturated rings. The van der Waals surface area contributed by atoms with Gasteiger partial charge in [0.1, 0.15) is 5.76 Å². The maximum absolute atomic E-state index is 12.9. The molecule has 3 nitrogen and oxygen atoms in total. The van der Waals surface area contributed by atoms with Gasteiger partial charge in [0.2, 0.25) is 14.4 Å². The van der Waals surface area contributed by atoms with Crippen molar-refractivity contribution in [1.82, 2.24) is 0 Å². The van der Waals surface area contributed by atoms with Crippen molar-refractivity contribution < 1.29 is 27.4 Å². The maximum atomic E-state index is 12.9. The van der Waals surface area contributed by atoms with Crippen molar-refractivity contribution in [2.45, 2.75) is 63.9 Å². The predicted molar refractivity (Wildman–Crippen MR) is 67.9 cm³/mol. The van der Waals surface area contributed by atoms with Crippen LogP contribution in [0.25, 0.3) is 0 Å². The zero-order valence-electron chi connectivity index (χ0n) is 11.8. The van der Waals surface area contributed by atoms with E-state index >= 15 is 0 Å². The number of aliphatic hydroxyl groups excluding tert-OH is 1. The van der Waals surface area contributed by atoms with E-state index in [9.17, 15) is 18.3 Å². The predicted octanol–water partition coefficient (Wildman–Crippen LogP) is 3.56. The number of ether oxygens (including phenoxy) is 1. The number of halogens is 3. The Morgan fingerprint density at radius 2 is 1.84 bits per heavy atom. The van der Waals surface area contributed by atoms with Crippen LogP contribution >= 0.6 is 0 Å². The summed E-state index contributed by atoms with van der Waals surface area (Å²) in [7, 11) is -2.36. The highest BCUT2D eigenvalue weighted by atomic mass is 28.4. The molecule has 1 heterocycles. The molecule has 1 aliphatic heterocycles.